The maximum Gasteiger partial charge on any atom is 0.341 e. The standard InChI is InChI=1S/C21H28N6O2/c1-29-21(28)17-15-24-20(14-18(17)25-16-6-2-3-7-16)27(19-8-4-5-9-23-19)26-12-10-22-11-13-26/h4-5,8-9,14-16,22H,2-3,6-7,10-13H2,1H3,(H,24,25). The molecule has 0 aromatic carbocycles. The Labute approximate surface area is 171 Å². The highest BCUT2D eigenvalue weighted by Gasteiger charge is 2.25. The van der Waals surface area contributed by atoms with Gasteiger partial charge in [-0.3, -0.25) is 0 Å². The minimum absolute atomic E-state index is 0.371. The number of nitrogens with one attached hydrogen (secondary N) is 2. The van der Waals surface area contributed by atoms with Gasteiger partial charge in [-0.25, -0.2) is 24.8 Å². The van der Waals surface area contributed by atoms with Crippen LogP contribution in [0, 0.1) is 0 Å². The number of anilines is 3. The molecule has 2 N–H and O–H groups in total. The summed E-state index contributed by atoms with van der Waals surface area (Å²) in [7, 11) is 1.40. The first-order valence-electron chi connectivity index (χ1n) is 10.3. The molecule has 1 saturated carbocycles. The summed E-state index contributed by atoms with van der Waals surface area (Å²) < 4.78 is 4.98. The molecule has 0 amide bonds. The fourth-order valence-electron chi connectivity index (χ4n) is 3.98. The van der Waals surface area contributed by atoms with Crippen LogP contribution in [0.4, 0.5) is 17.3 Å². The lowest BCUT2D eigenvalue weighted by Gasteiger charge is -2.37. The van der Waals surface area contributed by atoms with Crippen LogP contribution in [0.25, 0.3) is 0 Å². The molecule has 0 unspecified atom stereocenters. The van der Waals surface area contributed by atoms with Gasteiger partial charge >= 0.3 is 5.97 Å². The van der Waals surface area contributed by atoms with E-state index in [0.29, 0.717) is 11.6 Å². The van der Waals surface area contributed by atoms with Gasteiger partial charge in [-0.15, -0.1) is 0 Å². The lowest BCUT2D eigenvalue weighted by atomic mass is 10.1. The zero-order valence-electron chi connectivity index (χ0n) is 16.8. The Morgan fingerprint density at radius 3 is 2.69 bits per heavy atom. The maximum absolute atomic E-state index is 12.3. The van der Waals surface area contributed by atoms with Gasteiger partial charge in [0.25, 0.3) is 0 Å². The summed E-state index contributed by atoms with van der Waals surface area (Å²) >= 11 is 0. The second-order valence-corrected chi connectivity index (χ2v) is 7.41. The van der Waals surface area contributed by atoms with Crippen molar-refractivity contribution in [1.82, 2.24) is 20.3 Å². The molecule has 2 fully saturated rings. The first-order valence-corrected chi connectivity index (χ1v) is 10.3. The summed E-state index contributed by atoms with van der Waals surface area (Å²) in [6, 6.07) is 8.16. The van der Waals surface area contributed by atoms with E-state index >= 15 is 0 Å². The number of piperazine rings is 1. The second-order valence-electron chi connectivity index (χ2n) is 7.41. The number of methoxy groups -OCH3 is 1. The zero-order chi connectivity index (χ0) is 20.1. The molecule has 2 aromatic heterocycles. The van der Waals surface area contributed by atoms with Crippen LogP contribution in [0.2, 0.25) is 0 Å². The van der Waals surface area contributed by atoms with Crippen molar-refractivity contribution in [3.8, 4) is 0 Å². The average molecular weight is 396 g/mol. The van der Waals surface area contributed by atoms with Crippen LogP contribution in [0.5, 0.6) is 0 Å². The van der Waals surface area contributed by atoms with Crippen molar-refractivity contribution in [2.45, 2.75) is 31.7 Å². The summed E-state index contributed by atoms with van der Waals surface area (Å²) in [6.07, 6.45) is 8.04. The first-order chi connectivity index (χ1) is 14.3. The number of ether oxygens (including phenoxy) is 1. The number of nitrogens with zero attached hydrogens (tertiary/aromatic N) is 4. The summed E-state index contributed by atoms with van der Waals surface area (Å²) in [6.45, 7) is 3.50. The molecular formula is C21H28N6O2. The number of aromatic nitrogens is 2. The molecule has 29 heavy (non-hydrogen) atoms. The van der Waals surface area contributed by atoms with Crippen LogP contribution in [-0.2, 0) is 4.74 Å². The van der Waals surface area contributed by atoms with E-state index in [4.69, 9.17) is 4.74 Å². The van der Waals surface area contributed by atoms with Gasteiger partial charge in [-0.1, -0.05) is 18.9 Å². The third-order valence-electron chi connectivity index (χ3n) is 5.47. The summed E-state index contributed by atoms with van der Waals surface area (Å²) in [4.78, 5) is 21.5. The Morgan fingerprint density at radius 1 is 1.21 bits per heavy atom. The molecule has 0 radical (unpaired) electrons. The van der Waals surface area contributed by atoms with E-state index in [1.165, 1.54) is 20.0 Å². The number of hydrogen-bond acceptors (Lipinski definition) is 8. The number of carbonyl (C=O) groups is 1. The smallest absolute Gasteiger partial charge is 0.341 e. The van der Waals surface area contributed by atoms with E-state index in [9.17, 15) is 4.79 Å². The summed E-state index contributed by atoms with van der Waals surface area (Å²) in [5, 5.41) is 11.2. The number of pyridine rings is 2. The van der Waals surface area contributed by atoms with Crippen molar-refractivity contribution in [3.63, 3.8) is 0 Å². The van der Waals surface area contributed by atoms with Crippen LogP contribution in [-0.4, -0.2) is 60.3 Å². The van der Waals surface area contributed by atoms with Gasteiger partial charge in [-0.2, -0.15) is 0 Å². The maximum atomic E-state index is 12.3. The summed E-state index contributed by atoms with van der Waals surface area (Å²) in [5.41, 5.74) is 1.23. The Kier molecular flexibility index (Phi) is 6.21. The largest absolute Gasteiger partial charge is 0.465 e. The zero-order valence-corrected chi connectivity index (χ0v) is 16.8. The van der Waals surface area contributed by atoms with Gasteiger partial charge in [0.15, 0.2) is 5.82 Å². The highest BCUT2D eigenvalue weighted by atomic mass is 16.5. The van der Waals surface area contributed by atoms with Crippen molar-refractivity contribution < 1.29 is 9.53 Å². The Bertz CT molecular complexity index is 819. The molecule has 1 saturated heterocycles. The quantitative estimate of drug-likeness (QED) is 0.721. The molecule has 1 aliphatic carbocycles. The Hall–Kier alpha value is -2.71. The van der Waals surface area contributed by atoms with Crippen LogP contribution >= 0.6 is 0 Å². The summed E-state index contributed by atoms with van der Waals surface area (Å²) in [5.74, 6) is 1.16. The topological polar surface area (TPSA) is 82.6 Å². The molecule has 8 heteroatoms. The van der Waals surface area contributed by atoms with E-state index in [-0.39, 0.29) is 5.97 Å². The molecule has 1 aliphatic heterocycles. The van der Waals surface area contributed by atoms with Crippen LogP contribution in [0.15, 0.2) is 36.7 Å². The first kappa shape index (κ1) is 19.6. The number of rotatable bonds is 6. The van der Waals surface area contributed by atoms with Gasteiger partial charge in [0.05, 0.1) is 12.8 Å². The van der Waals surface area contributed by atoms with Crippen LogP contribution in [0.1, 0.15) is 36.0 Å². The predicted molar refractivity (Wildman–Crippen MR) is 112 cm³/mol. The fourth-order valence-corrected chi connectivity index (χ4v) is 3.98. The monoisotopic (exact) mass is 396 g/mol. The van der Waals surface area contributed by atoms with Gasteiger partial charge < -0.3 is 15.4 Å². The third kappa shape index (κ3) is 4.49. The number of hydrogen-bond donors (Lipinski definition) is 2. The predicted octanol–water partition coefficient (Wildman–Crippen LogP) is 2.58. The molecule has 0 spiro atoms. The Balaban J connectivity index is 1.72. The van der Waals surface area contributed by atoms with E-state index in [1.807, 2.05) is 29.3 Å². The van der Waals surface area contributed by atoms with E-state index in [1.54, 1.807) is 12.4 Å². The molecule has 0 bridgehead atoms. The molecular weight excluding hydrogens is 368 g/mol. The molecule has 3 heterocycles. The van der Waals surface area contributed by atoms with E-state index < -0.39 is 0 Å². The second kappa shape index (κ2) is 9.19. The van der Waals surface area contributed by atoms with Crippen molar-refractivity contribution in [3.05, 3.63) is 42.2 Å². The minimum atomic E-state index is -0.379. The minimum Gasteiger partial charge on any atom is -0.465 e. The number of carbonyl (C=O) groups excluding carboxylic acids is 1. The normalized spacial score (nSPS) is 17.8. The van der Waals surface area contributed by atoms with Crippen LogP contribution in [0.3, 0.4) is 0 Å². The van der Waals surface area contributed by atoms with E-state index in [2.05, 4.69) is 25.6 Å². The van der Waals surface area contributed by atoms with Crippen molar-refractivity contribution in [2.75, 3.05) is 43.6 Å². The number of esters is 1. The van der Waals surface area contributed by atoms with Gasteiger partial charge in [-0.05, 0) is 25.0 Å². The van der Waals surface area contributed by atoms with Gasteiger partial charge in [0.2, 0.25) is 0 Å². The SMILES string of the molecule is COC(=O)c1cnc(N(c2ccccn2)N2CCNCC2)cc1NC1CCCC1. The lowest BCUT2D eigenvalue weighted by Crippen LogP contribution is -2.51. The third-order valence-corrected chi connectivity index (χ3v) is 5.47. The average Bonchev–Trinajstić information content (AvgIpc) is 3.28. The van der Waals surface area contributed by atoms with Crippen molar-refractivity contribution in [1.29, 1.82) is 0 Å². The highest BCUT2D eigenvalue weighted by Crippen LogP contribution is 2.30. The number of hydrazine groups is 1. The van der Waals surface area contributed by atoms with Crippen molar-refractivity contribution in [2.24, 2.45) is 0 Å². The lowest BCUT2D eigenvalue weighted by molar-refractivity contribution is 0.0601. The molecule has 2 aliphatic rings. The molecule has 154 valence electrons. The van der Waals surface area contributed by atoms with Crippen molar-refractivity contribution >= 4 is 23.3 Å². The van der Waals surface area contributed by atoms with Gasteiger partial charge in [0, 0.05) is 50.7 Å². The van der Waals surface area contributed by atoms with E-state index in [0.717, 1.165) is 56.3 Å². The molecule has 8 nitrogen and oxygen atoms in total. The fraction of sp³-hybridized carbons (Fsp3) is 0.476. The van der Waals surface area contributed by atoms with Gasteiger partial charge in [0.1, 0.15) is 11.4 Å². The highest BCUT2D eigenvalue weighted by molar-refractivity contribution is 5.96. The molecule has 4 rings (SSSR count). The Morgan fingerprint density at radius 2 is 2.00 bits per heavy atom. The molecule has 0 atom stereocenters. The molecule has 2 aromatic rings. The van der Waals surface area contributed by atoms with Crippen LogP contribution < -0.4 is 15.6 Å².